The van der Waals surface area contributed by atoms with Crippen LogP contribution in [0.3, 0.4) is 0 Å². The van der Waals surface area contributed by atoms with Gasteiger partial charge in [-0.2, -0.15) is 11.8 Å². The van der Waals surface area contributed by atoms with Crippen molar-refractivity contribution in [2.75, 3.05) is 24.2 Å². The van der Waals surface area contributed by atoms with Crippen LogP contribution in [0, 0.1) is 0 Å². The molecule has 2 rings (SSSR count). The van der Waals surface area contributed by atoms with Gasteiger partial charge in [0.05, 0.1) is 12.4 Å². The molecule has 1 unspecified atom stereocenters. The van der Waals surface area contributed by atoms with E-state index in [0.29, 0.717) is 12.5 Å². The molecule has 1 aromatic heterocycles. The lowest BCUT2D eigenvalue weighted by Crippen LogP contribution is -2.36. The molecule has 0 radical (unpaired) electrons. The molecule has 8 heteroatoms. The van der Waals surface area contributed by atoms with Gasteiger partial charge in [0.1, 0.15) is 4.90 Å². The molecular weight excluding hydrogens is 308 g/mol. The van der Waals surface area contributed by atoms with E-state index in [0.717, 1.165) is 31.6 Å². The molecule has 0 spiro atoms. The van der Waals surface area contributed by atoms with Gasteiger partial charge in [0.2, 0.25) is 16.0 Å². The largest absolute Gasteiger partial charge is 0.354 e. The zero-order chi connectivity index (χ0) is 15.3. The van der Waals surface area contributed by atoms with Crippen molar-refractivity contribution in [3.05, 3.63) is 12.4 Å². The summed E-state index contributed by atoms with van der Waals surface area (Å²) in [6, 6.07) is 0. The van der Waals surface area contributed by atoms with Gasteiger partial charge in [0.15, 0.2) is 0 Å². The normalized spacial score (nSPS) is 22.4. The predicted molar refractivity (Wildman–Crippen MR) is 86.1 cm³/mol. The van der Waals surface area contributed by atoms with Crippen molar-refractivity contribution in [3.8, 4) is 0 Å². The summed E-state index contributed by atoms with van der Waals surface area (Å²) in [6.07, 6.45) is 5.83. The Morgan fingerprint density at radius 3 is 2.67 bits per heavy atom. The summed E-state index contributed by atoms with van der Waals surface area (Å²) in [5.41, 5.74) is 0. The van der Waals surface area contributed by atoms with Gasteiger partial charge in [0, 0.05) is 17.8 Å². The summed E-state index contributed by atoms with van der Waals surface area (Å²) in [5, 5.41) is 3.01. The topological polar surface area (TPSA) is 84.0 Å². The number of thioether (sulfide) groups is 1. The van der Waals surface area contributed by atoms with Crippen LogP contribution in [0.1, 0.15) is 33.1 Å². The van der Waals surface area contributed by atoms with Crippen LogP contribution in [-0.2, 0) is 10.0 Å². The van der Waals surface area contributed by atoms with E-state index in [1.807, 2.05) is 18.7 Å². The van der Waals surface area contributed by atoms with Crippen LogP contribution in [0.4, 0.5) is 5.95 Å². The molecule has 0 aliphatic carbocycles. The summed E-state index contributed by atoms with van der Waals surface area (Å²) in [6.45, 7) is 5.34. The van der Waals surface area contributed by atoms with Crippen molar-refractivity contribution in [1.82, 2.24) is 14.7 Å². The molecule has 0 bridgehead atoms. The Morgan fingerprint density at radius 2 is 2.10 bits per heavy atom. The molecule has 1 aliphatic rings. The SMILES string of the molecule is CCCNc1ncc(S(=O)(=O)NCC2(C)CCCS2)cn1. The third kappa shape index (κ3) is 4.55. The maximum absolute atomic E-state index is 12.2. The van der Waals surface area contributed by atoms with E-state index in [1.54, 1.807) is 0 Å². The zero-order valence-corrected chi connectivity index (χ0v) is 14.1. The Morgan fingerprint density at radius 1 is 1.38 bits per heavy atom. The number of hydrogen-bond acceptors (Lipinski definition) is 6. The molecular formula is C13H22N4O2S2. The van der Waals surface area contributed by atoms with Crippen molar-refractivity contribution in [2.45, 2.75) is 42.8 Å². The average Bonchev–Trinajstić information content (AvgIpc) is 2.91. The molecule has 0 aromatic carbocycles. The Balaban J connectivity index is 1.98. The number of nitrogens with one attached hydrogen (secondary N) is 2. The molecule has 6 nitrogen and oxygen atoms in total. The van der Waals surface area contributed by atoms with E-state index in [1.165, 1.54) is 12.4 Å². The first-order valence-corrected chi connectivity index (χ1v) is 9.62. The number of rotatable bonds is 7. The molecule has 1 saturated heterocycles. The van der Waals surface area contributed by atoms with Gasteiger partial charge in [0.25, 0.3) is 0 Å². The van der Waals surface area contributed by atoms with Gasteiger partial charge >= 0.3 is 0 Å². The van der Waals surface area contributed by atoms with E-state index in [2.05, 4.69) is 26.9 Å². The van der Waals surface area contributed by atoms with Gasteiger partial charge in [-0.25, -0.2) is 23.1 Å². The summed E-state index contributed by atoms with van der Waals surface area (Å²) < 4.78 is 27.1. The lowest BCUT2D eigenvalue weighted by Gasteiger charge is -2.22. The average molecular weight is 330 g/mol. The number of hydrogen-bond donors (Lipinski definition) is 2. The van der Waals surface area contributed by atoms with Crippen LogP contribution >= 0.6 is 11.8 Å². The highest BCUT2D eigenvalue weighted by Crippen LogP contribution is 2.37. The maximum Gasteiger partial charge on any atom is 0.243 e. The van der Waals surface area contributed by atoms with Gasteiger partial charge < -0.3 is 5.32 Å². The minimum absolute atomic E-state index is 0.00342. The smallest absolute Gasteiger partial charge is 0.243 e. The quantitative estimate of drug-likeness (QED) is 0.794. The Hall–Kier alpha value is -0.860. The zero-order valence-electron chi connectivity index (χ0n) is 12.4. The van der Waals surface area contributed by atoms with Crippen LogP contribution in [0.25, 0.3) is 0 Å². The molecule has 1 aliphatic heterocycles. The maximum atomic E-state index is 12.2. The highest BCUT2D eigenvalue weighted by atomic mass is 32.2. The molecule has 0 saturated carbocycles. The van der Waals surface area contributed by atoms with Crippen molar-refractivity contribution in [3.63, 3.8) is 0 Å². The fraction of sp³-hybridized carbons (Fsp3) is 0.692. The van der Waals surface area contributed by atoms with Crippen LogP contribution in [-0.4, -0.2) is 42.0 Å². The third-order valence-corrected chi connectivity index (χ3v) is 6.30. The number of aromatic nitrogens is 2. The Bertz CT molecular complexity index is 554. The molecule has 1 aromatic rings. The van der Waals surface area contributed by atoms with E-state index < -0.39 is 10.0 Å². The highest BCUT2D eigenvalue weighted by molar-refractivity contribution is 8.01. The fourth-order valence-corrected chi connectivity index (χ4v) is 4.48. The Kier molecular flexibility index (Phi) is 5.45. The second-order valence-corrected chi connectivity index (χ2v) is 8.85. The Labute approximate surface area is 130 Å². The molecule has 1 fully saturated rings. The molecule has 21 heavy (non-hydrogen) atoms. The number of nitrogens with zero attached hydrogens (tertiary/aromatic N) is 2. The lowest BCUT2D eigenvalue weighted by atomic mass is 10.1. The second kappa shape index (κ2) is 6.93. The number of sulfonamides is 1. The highest BCUT2D eigenvalue weighted by Gasteiger charge is 2.31. The molecule has 2 N–H and O–H groups in total. The van der Waals surface area contributed by atoms with Crippen LogP contribution in [0.15, 0.2) is 17.3 Å². The predicted octanol–water partition coefficient (Wildman–Crippen LogP) is 1.86. The van der Waals surface area contributed by atoms with Crippen molar-refractivity contribution in [1.29, 1.82) is 0 Å². The molecule has 1 atom stereocenters. The molecule has 118 valence electrons. The minimum atomic E-state index is -3.54. The first-order valence-electron chi connectivity index (χ1n) is 7.15. The monoisotopic (exact) mass is 330 g/mol. The van der Waals surface area contributed by atoms with Crippen molar-refractivity contribution < 1.29 is 8.42 Å². The van der Waals surface area contributed by atoms with Crippen molar-refractivity contribution in [2.24, 2.45) is 0 Å². The van der Waals surface area contributed by atoms with Gasteiger partial charge in [-0.3, -0.25) is 0 Å². The summed E-state index contributed by atoms with van der Waals surface area (Å²) in [7, 11) is -3.54. The van der Waals surface area contributed by atoms with E-state index in [4.69, 9.17) is 0 Å². The summed E-state index contributed by atoms with van der Waals surface area (Å²) in [5.74, 6) is 1.55. The van der Waals surface area contributed by atoms with E-state index in [-0.39, 0.29) is 9.64 Å². The van der Waals surface area contributed by atoms with Gasteiger partial charge in [-0.05, 0) is 31.9 Å². The van der Waals surface area contributed by atoms with Crippen LogP contribution in [0.2, 0.25) is 0 Å². The minimum Gasteiger partial charge on any atom is -0.354 e. The second-order valence-electron chi connectivity index (χ2n) is 5.40. The van der Waals surface area contributed by atoms with Crippen LogP contribution < -0.4 is 10.0 Å². The van der Waals surface area contributed by atoms with Crippen molar-refractivity contribution >= 4 is 27.7 Å². The van der Waals surface area contributed by atoms with E-state index >= 15 is 0 Å². The van der Waals surface area contributed by atoms with Gasteiger partial charge in [-0.1, -0.05) is 6.92 Å². The summed E-state index contributed by atoms with van der Waals surface area (Å²) in [4.78, 5) is 8.17. The molecule has 2 heterocycles. The van der Waals surface area contributed by atoms with Gasteiger partial charge in [-0.15, -0.1) is 0 Å². The van der Waals surface area contributed by atoms with E-state index in [9.17, 15) is 8.42 Å². The first kappa shape index (κ1) is 16.5. The third-order valence-electron chi connectivity index (χ3n) is 3.41. The lowest BCUT2D eigenvalue weighted by molar-refractivity contribution is 0.552. The standard InChI is InChI=1S/C13H22N4O2S2/c1-3-6-14-12-15-8-11(9-16-12)21(18,19)17-10-13(2)5-4-7-20-13/h8-9,17H,3-7,10H2,1-2H3,(H,14,15,16). The first-order chi connectivity index (χ1) is 9.95. The fourth-order valence-electron chi connectivity index (χ4n) is 2.09. The van der Waals surface area contributed by atoms with Crippen LogP contribution in [0.5, 0.6) is 0 Å². The number of anilines is 1. The summed E-state index contributed by atoms with van der Waals surface area (Å²) >= 11 is 1.82. The molecule has 0 amide bonds.